The molecule has 6 heteroatoms. The predicted octanol–water partition coefficient (Wildman–Crippen LogP) is 1.69. The van der Waals surface area contributed by atoms with Crippen LogP contribution in [0.1, 0.15) is 19.8 Å². The molecule has 2 rings (SSSR count). The van der Waals surface area contributed by atoms with E-state index in [0.717, 1.165) is 24.7 Å². The van der Waals surface area contributed by atoms with Crippen LogP contribution in [0.15, 0.2) is 15.5 Å². The van der Waals surface area contributed by atoms with E-state index in [1.165, 1.54) is 30.6 Å². The molecule has 0 aromatic carbocycles. The Kier molecular flexibility index (Phi) is 4.99. The minimum absolute atomic E-state index is 0.114. The first kappa shape index (κ1) is 14.5. The Morgan fingerprint density at radius 3 is 3.11 bits per heavy atom. The van der Waals surface area contributed by atoms with Gasteiger partial charge < -0.3 is 10.2 Å². The fourth-order valence-corrected chi connectivity index (χ4v) is 2.97. The molecule has 2 heterocycles. The summed E-state index contributed by atoms with van der Waals surface area (Å²) < 4.78 is 1.87. The molecule has 1 N–H and O–H groups in total. The molecule has 0 radical (unpaired) electrons. The Morgan fingerprint density at radius 1 is 1.58 bits per heavy atom. The maximum Gasteiger partial charge on any atom is 0.282 e. The molecule has 1 unspecified atom stereocenters. The standard InChI is InChI=1S/C13H21BrN4O/c1-10-4-3-6-18(9-10)7-5-15-11-8-16-17(2)13(19)12(11)14/h8,10,15H,3-7,9H2,1-2H3. The number of aromatic nitrogens is 2. The maximum atomic E-state index is 11.7. The van der Waals surface area contributed by atoms with E-state index >= 15 is 0 Å². The van der Waals surface area contributed by atoms with Crippen molar-refractivity contribution in [1.82, 2.24) is 14.7 Å². The van der Waals surface area contributed by atoms with Gasteiger partial charge in [-0.25, -0.2) is 4.68 Å². The fourth-order valence-electron chi connectivity index (χ4n) is 2.47. The summed E-state index contributed by atoms with van der Waals surface area (Å²) in [5, 5.41) is 7.29. The van der Waals surface area contributed by atoms with Crippen LogP contribution in [0.5, 0.6) is 0 Å². The number of hydrogen-bond donors (Lipinski definition) is 1. The van der Waals surface area contributed by atoms with Crippen LogP contribution in [0.25, 0.3) is 0 Å². The van der Waals surface area contributed by atoms with Gasteiger partial charge in [0.15, 0.2) is 0 Å². The van der Waals surface area contributed by atoms with Gasteiger partial charge in [0.25, 0.3) is 5.56 Å². The van der Waals surface area contributed by atoms with Crippen molar-refractivity contribution in [3.05, 3.63) is 21.0 Å². The van der Waals surface area contributed by atoms with Crippen molar-refractivity contribution < 1.29 is 0 Å². The number of hydrogen-bond acceptors (Lipinski definition) is 4. The van der Waals surface area contributed by atoms with Gasteiger partial charge in [0.2, 0.25) is 0 Å². The summed E-state index contributed by atoms with van der Waals surface area (Å²) in [6.07, 6.45) is 4.32. The normalized spacial score (nSPS) is 20.5. The second-order valence-electron chi connectivity index (χ2n) is 5.28. The van der Waals surface area contributed by atoms with E-state index in [9.17, 15) is 4.79 Å². The van der Waals surface area contributed by atoms with Crippen molar-refractivity contribution in [2.24, 2.45) is 13.0 Å². The number of nitrogens with zero attached hydrogens (tertiary/aromatic N) is 3. The first-order chi connectivity index (χ1) is 9.08. The van der Waals surface area contributed by atoms with Crippen molar-refractivity contribution in [1.29, 1.82) is 0 Å². The molecule has 19 heavy (non-hydrogen) atoms. The third kappa shape index (κ3) is 3.79. The number of aryl methyl sites for hydroxylation is 1. The van der Waals surface area contributed by atoms with Gasteiger partial charge >= 0.3 is 0 Å². The smallest absolute Gasteiger partial charge is 0.282 e. The highest BCUT2D eigenvalue weighted by atomic mass is 79.9. The van der Waals surface area contributed by atoms with Gasteiger partial charge in [-0.1, -0.05) is 6.92 Å². The van der Waals surface area contributed by atoms with E-state index in [2.05, 4.69) is 38.2 Å². The lowest BCUT2D eigenvalue weighted by atomic mass is 10.0. The third-order valence-corrected chi connectivity index (χ3v) is 4.33. The highest BCUT2D eigenvalue weighted by Crippen LogP contribution is 2.17. The van der Waals surface area contributed by atoms with E-state index in [4.69, 9.17) is 0 Å². The van der Waals surface area contributed by atoms with E-state index in [-0.39, 0.29) is 5.56 Å². The van der Waals surface area contributed by atoms with Gasteiger partial charge in [0, 0.05) is 26.7 Å². The molecule has 1 aliphatic rings. The van der Waals surface area contributed by atoms with Crippen molar-refractivity contribution in [2.75, 3.05) is 31.5 Å². The first-order valence-corrected chi connectivity index (χ1v) is 7.55. The average molecular weight is 329 g/mol. The molecule has 1 aromatic rings. The summed E-state index contributed by atoms with van der Waals surface area (Å²) >= 11 is 3.32. The molecule has 0 spiro atoms. The number of piperidine rings is 1. The highest BCUT2D eigenvalue weighted by Gasteiger charge is 2.15. The second kappa shape index (κ2) is 6.52. The van der Waals surface area contributed by atoms with E-state index in [1.54, 1.807) is 13.2 Å². The van der Waals surface area contributed by atoms with Crippen LogP contribution in [-0.2, 0) is 7.05 Å². The number of nitrogens with one attached hydrogen (secondary N) is 1. The SMILES string of the molecule is CC1CCCN(CCNc2cnn(C)c(=O)c2Br)C1. The summed E-state index contributed by atoms with van der Waals surface area (Å²) in [5.41, 5.74) is 0.657. The van der Waals surface area contributed by atoms with Gasteiger partial charge in [-0.05, 0) is 41.2 Å². The second-order valence-corrected chi connectivity index (χ2v) is 6.07. The molecule has 1 aromatic heterocycles. The molecule has 106 valence electrons. The van der Waals surface area contributed by atoms with Crippen molar-refractivity contribution in [2.45, 2.75) is 19.8 Å². The van der Waals surface area contributed by atoms with Crippen LogP contribution in [0, 0.1) is 5.92 Å². The monoisotopic (exact) mass is 328 g/mol. The number of rotatable bonds is 4. The van der Waals surface area contributed by atoms with E-state index in [1.807, 2.05) is 0 Å². The highest BCUT2D eigenvalue weighted by molar-refractivity contribution is 9.10. The first-order valence-electron chi connectivity index (χ1n) is 6.76. The summed E-state index contributed by atoms with van der Waals surface area (Å²) in [5.74, 6) is 0.797. The topological polar surface area (TPSA) is 50.2 Å². The Balaban J connectivity index is 1.86. The summed E-state index contributed by atoms with van der Waals surface area (Å²) in [4.78, 5) is 14.2. The van der Waals surface area contributed by atoms with Gasteiger partial charge in [-0.15, -0.1) is 0 Å². The van der Waals surface area contributed by atoms with Crippen molar-refractivity contribution in [3.8, 4) is 0 Å². The molecule has 1 fully saturated rings. The molecule has 0 aliphatic carbocycles. The molecule has 0 bridgehead atoms. The minimum Gasteiger partial charge on any atom is -0.381 e. The number of likely N-dealkylation sites (tertiary alicyclic amines) is 1. The molecular formula is C13H21BrN4O. The maximum absolute atomic E-state index is 11.7. The minimum atomic E-state index is -0.114. The molecule has 5 nitrogen and oxygen atoms in total. The Labute approximate surface area is 122 Å². The Hall–Kier alpha value is -0.880. The van der Waals surface area contributed by atoms with Crippen LogP contribution < -0.4 is 10.9 Å². The van der Waals surface area contributed by atoms with Crippen LogP contribution in [0.2, 0.25) is 0 Å². The molecule has 1 atom stereocenters. The summed E-state index contributed by atoms with van der Waals surface area (Å²) in [6, 6.07) is 0. The summed E-state index contributed by atoms with van der Waals surface area (Å²) in [7, 11) is 1.64. The van der Waals surface area contributed by atoms with Crippen molar-refractivity contribution in [3.63, 3.8) is 0 Å². The summed E-state index contributed by atoms with van der Waals surface area (Å²) in [6.45, 7) is 6.51. The third-order valence-electron chi connectivity index (χ3n) is 3.56. The van der Waals surface area contributed by atoms with Crippen LogP contribution in [-0.4, -0.2) is 40.9 Å². The van der Waals surface area contributed by atoms with Gasteiger partial charge in [0.1, 0.15) is 4.47 Å². The zero-order chi connectivity index (χ0) is 13.8. The molecule has 0 amide bonds. The van der Waals surface area contributed by atoms with Gasteiger partial charge in [-0.3, -0.25) is 4.79 Å². The molecular weight excluding hydrogens is 308 g/mol. The zero-order valence-corrected chi connectivity index (χ0v) is 13.1. The quantitative estimate of drug-likeness (QED) is 0.913. The van der Waals surface area contributed by atoms with E-state index < -0.39 is 0 Å². The average Bonchev–Trinajstić information content (AvgIpc) is 2.39. The zero-order valence-electron chi connectivity index (χ0n) is 11.5. The predicted molar refractivity (Wildman–Crippen MR) is 80.5 cm³/mol. The van der Waals surface area contributed by atoms with Crippen LogP contribution in [0.3, 0.4) is 0 Å². The Bertz CT molecular complexity index is 488. The Morgan fingerprint density at radius 2 is 2.37 bits per heavy atom. The lowest BCUT2D eigenvalue weighted by molar-refractivity contribution is 0.190. The number of halogens is 1. The molecule has 0 saturated carbocycles. The molecule has 1 aliphatic heterocycles. The van der Waals surface area contributed by atoms with Gasteiger partial charge in [-0.2, -0.15) is 5.10 Å². The molecule has 1 saturated heterocycles. The van der Waals surface area contributed by atoms with E-state index in [0.29, 0.717) is 4.47 Å². The van der Waals surface area contributed by atoms with Crippen molar-refractivity contribution >= 4 is 21.6 Å². The fraction of sp³-hybridized carbons (Fsp3) is 0.692. The largest absolute Gasteiger partial charge is 0.381 e. The number of anilines is 1. The van der Waals surface area contributed by atoms with Crippen LogP contribution >= 0.6 is 15.9 Å². The lowest BCUT2D eigenvalue weighted by Crippen LogP contribution is -2.37. The van der Waals surface area contributed by atoms with Gasteiger partial charge in [0.05, 0.1) is 11.9 Å². The lowest BCUT2D eigenvalue weighted by Gasteiger charge is -2.30. The van der Waals surface area contributed by atoms with Crippen LogP contribution in [0.4, 0.5) is 5.69 Å².